The molecule has 2 rings (SSSR count). The molecule has 0 spiro atoms. The van der Waals surface area contributed by atoms with E-state index in [4.69, 9.17) is 4.74 Å². The van der Waals surface area contributed by atoms with Gasteiger partial charge in [-0.3, -0.25) is 0 Å². The first-order valence-electron chi connectivity index (χ1n) is 7.21. The Morgan fingerprint density at radius 1 is 1.32 bits per heavy atom. The molecule has 1 N–H and O–H groups in total. The maximum Gasteiger partial charge on any atom is 0.120 e. The van der Waals surface area contributed by atoms with Gasteiger partial charge in [-0.15, -0.1) is 21.5 Å². The third-order valence-corrected chi connectivity index (χ3v) is 4.73. The van der Waals surface area contributed by atoms with Crippen LogP contribution in [0.2, 0.25) is 0 Å². The molecule has 1 heterocycles. The molecule has 1 saturated carbocycles. The monoisotopic (exact) mass is 283 g/mol. The van der Waals surface area contributed by atoms with Crippen LogP contribution in [0.4, 0.5) is 0 Å². The summed E-state index contributed by atoms with van der Waals surface area (Å²) < 4.78 is 5.64. The molecule has 1 aliphatic carbocycles. The minimum absolute atomic E-state index is 0.0622. The number of nitrogens with one attached hydrogen (secondary N) is 1. The van der Waals surface area contributed by atoms with Crippen LogP contribution in [0.1, 0.15) is 43.1 Å². The van der Waals surface area contributed by atoms with Gasteiger partial charge in [-0.1, -0.05) is 13.8 Å². The molecule has 1 aromatic rings. The molecule has 0 bridgehead atoms. The maximum absolute atomic E-state index is 5.64. The first-order valence-corrected chi connectivity index (χ1v) is 8.02. The molecule has 5 heteroatoms. The average Bonchev–Trinajstić information content (AvgIpc) is 2.77. The average molecular weight is 283 g/mol. The summed E-state index contributed by atoms with van der Waals surface area (Å²) in [6.07, 6.45) is 5.51. The van der Waals surface area contributed by atoms with E-state index in [1.807, 2.05) is 7.11 Å². The molecule has 0 unspecified atom stereocenters. The van der Waals surface area contributed by atoms with Crippen LogP contribution >= 0.6 is 11.3 Å². The van der Waals surface area contributed by atoms with Crippen molar-refractivity contribution in [2.24, 2.45) is 5.92 Å². The van der Waals surface area contributed by atoms with Gasteiger partial charge in [0, 0.05) is 26.5 Å². The van der Waals surface area contributed by atoms with Crippen molar-refractivity contribution in [2.45, 2.75) is 51.6 Å². The fourth-order valence-corrected chi connectivity index (χ4v) is 3.32. The molecule has 4 nitrogen and oxygen atoms in total. The maximum atomic E-state index is 5.64. The molecule has 0 saturated heterocycles. The van der Waals surface area contributed by atoms with Crippen molar-refractivity contribution in [3.63, 3.8) is 0 Å². The summed E-state index contributed by atoms with van der Waals surface area (Å²) in [6.45, 7) is 6.50. The van der Waals surface area contributed by atoms with Crippen LogP contribution in [0.15, 0.2) is 0 Å². The highest BCUT2D eigenvalue weighted by Crippen LogP contribution is 2.38. The topological polar surface area (TPSA) is 47.0 Å². The van der Waals surface area contributed by atoms with E-state index in [-0.39, 0.29) is 5.60 Å². The summed E-state index contributed by atoms with van der Waals surface area (Å²) in [5.74, 6) is 0.699. The van der Waals surface area contributed by atoms with E-state index in [0.29, 0.717) is 5.92 Å². The number of aromatic nitrogens is 2. The van der Waals surface area contributed by atoms with Crippen molar-refractivity contribution in [3.8, 4) is 0 Å². The van der Waals surface area contributed by atoms with Gasteiger partial charge >= 0.3 is 0 Å². The Bertz CT molecular complexity index is 382. The second-order valence-electron chi connectivity index (χ2n) is 5.85. The van der Waals surface area contributed by atoms with Crippen LogP contribution in [0.3, 0.4) is 0 Å². The van der Waals surface area contributed by atoms with Gasteiger partial charge in [0.05, 0.1) is 5.60 Å². The van der Waals surface area contributed by atoms with Crippen LogP contribution < -0.4 is 5.32 Å². The zero-order valence-corrected chi connectivity index (χ0v) is 13.1. The summed E-state index contributed by atoms with van der Waals surface area (Å²) >= 11 is 1.74. The number of hydrogen-bond donors (Lipinski definition) is 1. The lowest BCUT2D eigenvalue weighted by atomic mass is 9.78. The number of rotatable bonds is 8. The van der Waals surface area contributed by atoms with Gasteiger partial charge in [-0.25, -0.2) is 0 Å². The lowest BCUT2D eigenvalue weighted by molar-refractivity contribution is -0.0709. The zero-order valence-electron chi connectivity index (χ0n) is 12.2. The molecule has 1 aromatic heterocycles. The fourth-order valence-electron chi connectivity index (χ4n) is 2.35. The van der Waals surface area contributed by atoms with Crippen LogP contribution in [-0.4, -0.2) is 36.0 Å². The summed E-state index contributed by atoms with van der Waals surface area (Å²) in [5.41, 5.74) is 0.0622. The van der Waals surface area contributed by atoms with E-state index in [1.54, 1.807) is 11.3 Å². The highest BCUT2D eigenvalue weighted by molar-refractivity contribution is 7.11. The van der Waals surface area contributed by atoms with Crippen LogP contribution in [-0.2, 0) is 17.6 Å². The van der Waals surface area contributed by atoms with Gasteiger partial charge in [0.2, 0.25) is 0 Å². The van der Waals surface area contributed by atoms with Crippen LogP contribution in [0.25, 0.3) is 0 Å². The van der Waals surface area contributed by atoms with E-state index in [2.05, 4.69) is 29.4 Å². The third kappa shape index (κ3) is 4.23. The van der Waals surface area contributed by atoms with E-state index >= 15 is 0 Å². The lowest BCUT2D eigenvalue weighted by Gasteiger charge is -2.39. The summed E-state index contributed by atoms with van der Waals surface area (Å²) in [6, 6.07) is 0. The summed E-state index contributed by atoms with van der Waals surface area (Å²) in [4.78, 5) is 0. The van der Waals surface area contributed by atoms with Gasteiger partial charge in [-0.2, -0.15) is 0 Å². The first-order chi connectivity index (χ1) is 9.13. The predicted molar refractivity (Wildman–Crippen MR) is 78.6 cm³/mol. The Kier molecular flexibility index (Phi) is 5.30. The summed E-state index contributed by atoms with van der Waals surface area (Å²) in [7, 11) is 1.82. The van der Waals surface area contributed by atoms with Crippen molar-refractivity contribution in [1.29, 1.82) is 0 Å². The molecular weight excluding hydrogens is 258 g/mol. The smallest absolute Gasteiger partial charge is 0.120 e. The molecule has 0 aliphatic heterocycles. The van der Waals surface area contributed by atoms with E-state index < -0.39 is 0 Å². The zero-order chi connectivity index (χ0) is 13.7. The Labute approximate surface area is 120 Å². The second kappa shape index (κ2) is 6.77. The van der Waals surface area contributed by atoms with Gasteiger partial charge in [0.15, 0.2) is 0 Å². The minimum atomic E-state index is 0.0622. The van der Waals surface area contributed by atoms with Crippen LogP contribution in [0, 0.1) is 5.92 Å². The fraction of sp³-hybridized carbons (Fsp3) is 0.857. The minimum Gasteiger partial charge on any atom is -0.378 e. The molecule has 0 atom stereocenters. The standard InChI is InChI=1S/C14H25N3OS/c1-11(2)10-15-8-5-12-16-17-13(19-12)9-14(18-3)6-4-7-14/h11,15H,4-10H2,1-3H3. The van der Waals surface area contributed by atoms with E-state index in [9.17, 15) is 0 Å². The molecule has 19 heavy (non-hydrogen) atoms. The molecule has 0 amide bonds. The number of ether oxygens (including phenoxy) is 1. The Hall–Kier alpha value is -0.520. The highest BCUT2D eigenvalue weighted by Gasteiger charge is 2.38. The SMILES string of the molecule is COC1(Cc2nnc(CCNCC(C)C)s2)CCC1. The molecule has 108 valence electrons. The molecule has 0 aromatic carbocycles. The predicted octanol–water partition coefficient (Wildman–Crippen LogP) is 2.44. The number of methoxy groups -OCH3 is 1. The van der Waals surface area contributed by atoms with Crippen molar-refractivity contribution in [1.82, 2.24) is 15.5 Å². The number of nitrogens with zero attached hydrogens (tertiary/aromatic N) is 2. The largest absolute Gasteiger partial charge is 0.378 e. The molecule has 1 fully saturated rings. The summed E-state index contributed by atoms with van der Waals surface area (Å²) in [5, 5.41) is 14.3. The van der Waals surface area contributed by atoms with E-state index in [0.717, 1.165) is 48.8 Å². The Balaban J connectivity index is 1.75. The van der Waals surface area contributed by atoms with Crippen molar-refractivity contribution < 1.29 is 4.74 Å². The van der Waals surface area contributed by atoms with Crippen molar-refractivity contribution >= 4 is 11.3 Å². The third-order valence-electron chi connectivity index (χ3n) is 3.75. The quantitative estimate of drug-likeness (QED) is 0.744. The van der Waals surface area contributed by atoms with Gasteiger partial charge in [0.1, 0.15) is 10.0 Å². The van der Waals surface area contributed by atoms with Gasteiger partial charge in [0.25, 0.3) is 0 Å². The normalized spacial score (nSPS) is 17.7. The Morgan fingerprint density at radius 3 is 2.63 bits per heavy atom. The molecular formula is C14H25N3OS. The number of hydrogen-bond acceptors (Lipinski definition) is 5. The van der Waals surface area contributed by atoms with E-state index in [1.165, 1.54) is 6.42 Å². The first kappa shape index (κ1) is 14.9. The molecule has 1 aliphatic rings. The second-order valence-corrected chi connectivity index (χ2v) is 7.00. The lowest BCUT2D eigenvalue weighted by Crippen LogP contribution is -2.41. The Morgan fingerprint density at radius 2 is 2.05 bits per heavy atom. The highest BCUT2D eigenvalue weighted by atomic mass is 32.1. The van der Waals surface area contributed by atoms with Crippen LogP contribution in [0.5, 0.6) is 0 Å². The van der Waals surface area contributed by atoms with Gasteiger partial charge < -0.3 is 10.1 Å². The molecule has 0 radical (unpaired) electrons. The van der Waals surface area contributed by atoms with Crippen molar-refractivity contribution in [3.05, 3.63) is 10.0 Å². The van der Waals surface area contributed by atoms with Crippen molar-refractivity contribution in [2.75, 3.05) is 20.2 Å². The van der Waals surface area contributed by atoms with Gasteiger partial charge in [-0.05, 0) is 31.7 Å².